The summed E-state index contributed by atoms with van der Waals surface area (Å²) in [4.78, 5) is 5.06. The molecule has 5 nitrogen and oxygen atoms in total. The Morgan fingerprint density at radius 2 is 2.12 bits per heavy atom. The van der Waals surface area contributed by atoms with E-state index in [1.165, 1.54) is 0 Å². The van der Waals surface area contributed by atoms with Gasteiger partial charge < -0.3 is 9.40 Å². The molecule has 2 rings (SSSR count). The normalized spacial score (nSPS) is 24.4. The SMILES string of the molecule is Cc1nnc(C(S)C2=NOC(C)(C)C2F)n1C. The fourth-order valence-corrected chi connectivity index (χ4v) is 2.00. The predicted molar refractivity (Wildman–Crippen MR) is 65.0 cm³/mol. The van der Waals surface area contributed by atoms with Gasteiger partial charge in [0.2, 0.25) is 0 Å². The standard InChI is InChI=1S/C10H15FN4OS/c1-5-12-13-9(15(5)4)7(17)6-8(11)10(2,3)16-14-6/h7-8,17H,1-4H3. The lowest BCUT2D eigenvalue weighted by Gasteiger charge is -2.19. The van der Waals surface area contributed by atoms with E-state index in [4.69, 9.17) is 4.84 Å². The lowest BCUT2D eigenvalue weighted by atomic mass is 9.98. The average Bonchev–Trinajstić information content (AvgIpc) is 2.71. The molecule has 0 amide bonds. The smallest absolute Gasteiger partial charge is 0.184 e. The quantitative estimate of drug-likeness (QED) is 0.820. The molecule has 1 aliphatic rings. The summed E-state index contributed by atoms with van der Waals surface area (Å²) >= 11 is 4.36. The molecule has 0 aromatic carbocycles. The topological polar surface area (TPSA) is 52.3 Å². The number of halogens is 1. The van der Waals surface area contributed by atoms with E-state index in [1.54, 1.807) is 18.4 Å². The summed E-state index contributed by atoms with van der Waals surface area (Å²) in [6.07, 6.45) is -1.29. The zero-order valence-corrected chi connectivity index (χ0v) is 11.1. The van der Waals surface area contributed by atoms with Gasteiger partial charge in [0.15, 0.2) is 17.6 Å². The lowest BCUT2D eigenvalue weighted by Crippen LogP contribution is -2.36. The van der Waals surface area contributed by atoms with Crippen molar-refractivity contribution >= 4 is 18.3 Å². The number of aromatic nitrogens is 3. The highest BCUT2D eigenvalue weighted by Crippen LogP contribution is 2.34. The zero-order chi connectivity index (χ0) is 12.8. The third kappa shape index (κ3) is 1.92. The molecule has 17 heavy (non-hydrogen) atoms. The molecule has 94 valence electrons. The van der Waals surface area contributed by atoms with Crippen molar-refractivity contribution in [1.82, 2.24) is 14.8 Å². The van der Waals surface area contributed by atoms with Crippen molar-refractivity contribution in [3.05, 3.63) is 11.6 Å². The largest absolute Gasteiger partial charge is 0.386 e. The van der Waals surface area contributed by atoms with Crippen LogP contribution >= 0.6 is 12.6 Å². The third-order valence-electron chi connectivity index (χ3n) is 2.91. The van der Waals surface area contributed by atoms with Gasteiger partial charge in [-0.05, 0) is 20.8 Å². The minimum atomic E-state index is -1.29. The maximum atomic E-state index is 14.1. The Labute approximate surface area is 104 Å². The van der Waals surface area contributed by atoms with E-state index < -0.39 is 17.0 Å². The average molecular weight is 258 g/mol. The molecule has 0 saturated carbocycles. The molecule has 0 fully saturated rings. The van der Waals surface area contributed by atoms with Crippen molar-refractivity contribution in [2.24, 2.45) is 12.2 Å². The van der Waals surface area contributed by atoms with E-state index in [2.05, 4.69) is 28.0 Å². The Kier molecular flexibility index (Phi) is 2.89. The number of hydrogen-bond acceptors (Lipinski definition) is 5. The highest BCUT2D eigenvalue weighted by molar-refractivity contribution is 7.81. The van der Waals surface area contributed by atoms with Gasteiger partial charge in [-0.25, -0.2) is 4.39 Å². The van der Waals surface area contributed by atoms with Gasteiger partial charge in [-0.15, -0.1) is 10.2 Å². The van der Waals surface area contributed by atoms with Crippen LogP contribution in [0.5, 0.6) is 0 Å². The van der Waals surface area contributed by atoms with Crippen LogP contribution < -0.4 is 0 Å². The minimum Gasteiger partial charge on any atom is -0.386 e. The van der Waals surface area contributed by atoms with Crippen LogP contribution in [0.1, 0.15) is 30.7 Å². The summed E-state index contributed by atoms with van der Waals surface area (Å²) in [5.74, 6) is 1.31. The van der Waals surface area contributed by atoms with Crippen LogP contribution in [0.15, 0.2) is 5.16 Å². The van der Waals surface area contributed by atoms with Gasteiger partial charge in [-0.2, -0.15) is 12.6 Å². The molecule has 1 aliphatic heterocycles. The van der Waals surface area contributed by atoms with Crippen molar-refractivity contribution < 1.29 is 9.23 Å². The zero-order valence-electron chi connectivity index (χ0n) is 10.2. The van der Waals surface area contributed by atoms with Crippen LogP contribution in [0, 0.1) is 6.92 Å². The summed E-state index contributed by atoms with van der Waals surface area (Å²) in [5, 5.41) is 11.1. The molecule has 0 N–H and O–H groups in total. The monoisotopic (exact) mass is 258 g/mol. The molecular weight excluding hydrogens is 243 g/mol. The Morgan fingerprint density at radius 1 is 1.47 bits per heavy atom. The second kappa shape index (κ2) is 3.97. The summed E-state index contributed by atoms with van der Waals surface area (Å²) in [7, 11) is 1.81. The van der Waals surface area contributed by atoms with Crippen molar-refractivity contribution in [3.8, 4) is 0 Å². The molecule has 0 spiro atoms. The molecule has 2 heterocycles. The fourth-order valence-electron chi connectivity index (χ4n) is 1.60. The second-order valence-electron chi connectivity index (χ2n) is 4.64. The Balaban J connectivity index is 2.28. The van der Waals surface area contributed by atoms with Gasteiger partial charge in [-0.3, -0.25) is 0 Å². The number of nitrogens with zero attached hydrogens (tertiary/aromatic N) is 4. The van der Waals surface area contributed by atoms with Crippen LogP contribution in [0.4, 0.5) is 4.39 Å². The van der Waals surface area contributed by atoms with Crippen LogP contribution in [0.3, 0.4) is 0 Å². The number of rotatable bonds is 2. The minimum absolute atomic E-state index is 0.244. The summed E-state index contributed by atoms with van der Waals surface area (Å²) < 4.78 is 15.8. The molecule has 2 unspecified atom stereocenters. The maximum Gasteiger partial charge on any atom is 0.184 e. The van der Waals surface area contributed by atoms with Gasteiger partial charge in [0.05, 0.1) is 0 Å². The number of hydrogen-bond donors (Lipinski definition) is 1. The van der Waals surface area contributed by atoms with Crippen LogP contribution in [-0.4, -0.2) is 32.2 Å². The van der Waals surface area contributed by atoms with Crippen LogP contribution in [0.25, 0.3) is 0 Å². The van der Waals surface area contributed by atoms with Gasteiger partial charge in [0.1, 0.15) is 16.8 Å². The van der Waals surface area contributed by atoms with E-state index in [1.807, 2.05) is 14.0 Å². The molecule has 1 aromatic rings. The first kappa shape index (κ1) is 12.3. The van der Waals surface area contributed by atoms with Gasteiger partial charge >= 0.3 is 0 Å². The Bertz CT molecular complexity index is 471. The lowest BCUT2D eigenvalue weighted by molar-refractivity contribution is -0.0233. The number of aryl methyl sites for hydroxylation is 1. The number of alkyl halides is 1. The maximum absolute atomic E-state index is 14.1. The van der Waals surface area contributed by atoms with Crippen molar-refractivity contribution in [3.63, 3.8) is 0 Å². The molecule has 0 radical (unpaired) electrons. The second-order valence-corrected chi connectivity index (χ2v) is 5.16. The van der Waals surface area contributed by atoms with Gasteiger partial charge in [-0.1, -0.05) is 5.16 Å². The first-order valence-electron chi connectivity index (χ1n) is 5.28. The summed E-state index contributed by atoms with van der Waals surface area (Å²) in [6.45, 7) is 5.12. The fraction of sp³-hybridized carbons (Fsp3) is 0.700. The summed E-state index contributed by atoms with van der Waals surface area (Å²) in [5.41, 5.74) is -0.696. The van der Waals surface area contributed by atoms with E-state index >= 15 is 0 Å². The molecule has 2 atom stereocenters. The molecule has 0 bridgehead atoms. The summed E-state index contributed by atoms with van der Waals surface area (Å²) in [6, 6.07) is 0. The first-order chi connectivity index (χ1) is 7.84. The van der Waals surface area contributed by atoms with E-state index in [0.717, 1.165) is 5.82 Å². The molecule has 1 aromatic heterocycles. The number of oxime groups is 1. The van der Waals surface area contributed by atoms with Gasteiger partial charge in [0, 0.05) is 7.05 Å². The van der Waals surface area contributed by atoms with Crippen LogP contribution in [-0.2, 0) is 11.9 Å². The van der Waals surface area contributed by atoms with E-state index in [-0.39, 0.29) is 5.71 Å². The van der Waals surface area contributed by atoms with Crippen molar-refractivity contribution in [2.45, 2.75) is 37.8 Å². The predicted octanol–water partition coefficient (Wildman–Crippen LogP) is 1.60. The van der Waals surface area contributed by atoms with Crippen molar-refractivity contribution in [1.29, 1.82) is 0 Å². The van der Waals surface area contributed by atoms with E-state index in [0.29, 0.717) is 5.82 Å². The number of thiol groups is 1. The highest BCUT2D eigenvalue weighted by Gasteiger charge is 2.45. The van der Waals surface area contributed by atoms with E-state index in [9.17, 15) is 4.39 Å². The Morgan fingerprint density at radius 3 is 2.53 bits per heavy atom. The highest BCUT2D eigenvalue weighted by atomic mass is 32.1. The molecule has 0 saturated heterocycles. The molecule has 0 aliphatic carbocycles. The van der Waals surface area contributed by atoms with Crippen LogP contribution in [0.2, 0.25) is 0 Å². The van der Waals surface area contributed by atoms with Gasteiger partial charge in [0.25, 0.3) is 0 Å². The molecular formula is C10H15FN4OS. The Hall–Kier alpha value is -1.11. The molecule has 7 heteroatoms. The third-order valence-corrected chi connectivity index (χ3v) is 3.40. The van der Waals surface area contributed by atoms with Crippen molar-refractivity contribution in [2.75, 3.05) is 0 Å². The first-order valence-corrected chi connectivity index (χ1v) is 5.80.